The highest BCUT2D eigenvalue weighted by molar-refractivity contribution is 8.26. The highest BCUT2D eigenvalue weighted by Crippen LogP contribution is 2.32. The van der Waals surface area contributed by atoms with E-state index in [0.717, 1.165) is 51.5 Å². The Labute approximate surface area is 213 Å². The van der Waals surface area contributed by atoms with Crippen LogP contribution in [0.3, 0.4) is 0 Å². The third-order valence-electron chi connectivity index (χ3n) is 6.15. The molecule has 9 heteroatoms. The molecule has 0 bridgehead atoms. The van der Waals surface area contributed by atoms with E-state index < -0.39 is 5.91 Å². The van der Waals surface area contributed by atoms with Gasteiger partial charge >= 0.3 is 0 Å². The van der Waals surface area contributed by atoms with Crippen molar-refractivity contribution in [3.63, 3.8) is 0 Å². The lowest BCUT2D eigenvalue weighted by Gasteiger charge is -2.20. The quantitative estimate of drug-likeness (QED) is 0.414. The molecule has 0 aliphatic carbocycles. The number of hydrogen-bond acceptors (Lipinski definition) is 6. The first-order valence-electron chi connectivity index (χ1n) is 11.8. The number of hydrazone groups is 1. The van der Waals surface area contributed by atoms with E-state index in [1.165, 1.54) is 16.8 Å². The van der Waals surface area contributed by atoms with Gasteiger partial charge in [-0.15, -0.1) is 0 Å². The van der Waals surface area contributed by atoms with Crippen LogP contribution in [0, 0.1) is 12.3 Å². The number of thioether (sulfide) groups is 1. The molecule has 36 heavy (non-hydrogen) atoms. The standard InChI is InChI=1S/C27H27N5O3S/c1-4-8-24-30-32-25(28)22(26(33)29-27(32)36-24)16-21-17(2)31(23-12-6-5-11-20(21)23)13-14-35-19-10-7-9-18(15-19)34-3/h5-7,9-12,15-16,28H,4,8,13-14H2,1-3H3/b22-16-,28-25?. The lowest BCUT2D eigenvalue weighted by atomic mass is 10.1. The molecule has 2 aromatic carbocycles. The van der Waals surface area contributed by atoms with Gasteiger partial charge in [-0.1, -0.05) is 31.2 Å². The first kappa shape index (κ1) is 23.9. The summed E-state index contributed by atoms with van der Waals surface area (Å²) in [7, 11) is 1.63. The van der Waals surface area contributed by atoms with Gasteiger partial charge in [0.05, 0.1) is 19.2 Å². The van der Waals surface area contributed by atoms with Crippen molar-refractivity contribution >= 4 is 50.7 Å². The molecule has 0 radical (unpaired) electrons. The number of ether oxygens (including phenoxy) is 2. The molecule has 0 saturated carbocycles. The van der Waals surface area contributed by atoms with Crippen LogP contribution in [0.2, 0.25) is 0 Å². The predicted octanol–water partition coefficient (Wildman–Crippen LogP) is 5.46. The number of nitrogens with one attached hydrogen (secondary N) is 1. The van der Waals surface area contributed by atoms with E-state index in [0.29, 0.717) is 18.3 Å². The molecular formula is C27H27N5O3S. The number of aliphatic imine (C=N–C) groups is 1. The molecule has 1 aromatic heterocycles. The van der Waals surface area contributed by atoms with E-state index in [4.69, 9.17) is 14.9 Å². The minimum Gasteiger partial charge on any atom is -0.497 e. The Morgan fingerprint density at radius 2 is 1.94 bits per heavy atom. The SMILES string of the molecule is CCCC1=NN2C(=N)/C(=C/c3c(C)n(CCOc4cccc(OC)c4)c4ccccc34)C(=O)N=C2S1. The second-order valence-electron chi connectivity index (χ2n) is 8.46. The van der Waals surface area contributed by atoms with Crippen LogP contribution in [0.15, 0.2) is 64.2 Å². The van der Waals surface area contributed by atoms with E-state index in [1.54, 1.807) is 13.2 Å². The summed E-state index contributed by atoms with van der Waals surface area (Å²) in [5, 5.41) is 17.0. The van der Waals surface area contributed by atoms with Crippen molar-refractivity contribution in [3.8, 4) is 11.5 Å². The fraction of sp³-hybridized carbons (Fsp3) is 0.259. The number of amides is 1. The fourth-order valence-electron chi connectivity index (χ4n) is 4.36. The second-order valence-corrected chi connectivity index (χ2v) is 9.50. The minimum absolute atomic E-state index is 0.0567. The lowest BCUT2D eigenvalue weighted by Crippen LogP contribution is -2.35. The van der Waals surface area contributed by atoms with Gasteiger partial charge in [-0.2, -0.15) is 15.1 Å². The van der Waals surface area contributed by atoms with Crippen molar-refractivity contribution < 1.29 is 14.3 Å². The molecule has 3 aromatic rings. The third-order valence-corrected chi connectivity index (χ3v) is 7.12. The molecule has 2 aliphatic rings. The summed E-state index contributed by atoms with van der Waals surface area (Å²) in [6, 6.07) is 15.6. The van der Waals surface area contributed by atoms with E-state index in [-0.39, 0.29) is 11.4 Å². The van der Waals surface area contributed by atoms with Gasteiger partial charge in [0, 0.05) is 28.2 Å². The predicted molar refractivity (Wildman–Crippen MR) is 145 cm³/mol. The first-order valence-corrected chi connectivity index (χ1v) is 12.7. The number of methoxy groups -OCH3 is 1. The minimum atomic E-state index is -0.413. The maximum absolute atomic E-state index is 12.9. The van der Waals surface area contributed by atoms with Crippen molar-refractivity contribution in [2.24, 2.45) is 10.1 Å². The molecule has 0 fully saturated rings. The molecule has 2 aliphatic heterocycles. The van der Waals surface area contributed by atoms with Crippen molar-refractivity contribution in [2.75, 3.05) is 13.7 Å². The van der Waals surface area contributed by atoms with Gasteiger partial charge in [0.15, 0.2) is 5.84 Å². The number of amidine groups is 2. The van der Waals surface area contributed by atoms with Gasteiger partial charge in [0.1, 0.15) is 23.1 Å². The Balaban J connectivity index is 1.45. The van der Waals surface area contributed by atoms with Gasteiger partial charge in [-0.3, -0.25) is 10.2 Å². The number of hydrogen-bond donors (Lipinski definition) is 1. The van der Waals surface area contributed by atoms with Crippen molar-refractivity contribution in [2.45, 2.75) is 33.2 Å². The van der Waals surface area contributed by atoms with Gasteiger partial charge < -0.3 is 14.0 Å². The Morgan fingerprint density at radius 3 is 2.75 bits per heavy atom. The van der Waals surface area contributed by atoms with Gasteiger partial charge in [0.25, 0.3) is 5.91 Å². The number of nitrogens with zero attached hydrogens (tertiary/aromatic N) is 4. The number of carbonyl (C=O) groups excluding carboxylic acids is 1. The highest BCUT2D eigenvalue weighted by atomic mass is 32.2. The number of para-hydroxylation sites is 1. The van der Waals surface area contributed by atoms with Crippen molar-refractivity contribution in [1.82, 2.24) is 9.58 Å². The van der Waals surface area contributed by atoms with Crippen molar-refractivity contribution in [1.29, 1.82) is 5.41 Å². The summed E-state index contributed by atoms with van der Waals surface area (Å²) in [5.74, 6) is 1.13. The lowest BCUT2D eigenvalue weighted by molar-refractivity contribution is -0.114. The van der Waals surface area contributed by atoms with E-state index >= 15 is 0 Å². The molecule has 0 unspecified atom stereocenters. The second kappa shape index (κ2) is 10.0. The molecule has 0 atom stereocenters. The summed E-state index contributed by atoms with van der Waals surface area (Å²) >= 11 is 1.37. The van der Waals surface area contributed by atoms with Gasteiger partial charge in [0.2, 0.25) is 5.17 Å². The normalized spacial score (nSPS) is 16.4. The maximum atomic E-state index is 12.9. The van der Waals surface area contributed by atoms with Crippen LogP contribution >= 0.6 is 11.8 Å². The summed E-state index contributed by atoms with van der Waals surface area (Å²) in [4.78, 5) is 17.2. The largest absolute Gasteiger partial charge is 0.497 e. The van der Waals surface area contributed by atoms with Crippen LogP contribution in [0.25, 0.3) is 17.0 Å². The number of rotatable bonds is 8. The van der Waals surface area contributed by atoms with Crippen molar-refractivity contribution in [3.05, 3.63) is 65.4 Å². The summed E-state index contributed by atoms with van der Waals surface area (Å²) in [6.45, 7) is 5.18. The summed E-state index contributed by atoms with van der Waals surface area (Å²) in [5.41, 5.74) is 3.15. The smallest absolute Gasteiger partial charge is 0.283 e. The Bertz CT molecular complexity index is 1450. The maximum Gasteiger partial charge on any atom is 0.283 e. The molecule has 3 heterocycles. The average Bonchev–Trinajstić information content (AvgIpc) is 3.40. The monoisotopic (exact) mass is 501 g/mol. The van der Waals surface area contributed by atoms with Crippen LogP contribution in [-0.2, 0) is 11.3 Å². The topological polar surface area (TPSA) is 92.3 Å². The van der Waals surface area contributed by atoms with E-state index in [2.05, 4.69) is 27.7 Å². The van der Waals surface area contributed by atoms with Crippen LogP contribution in [0.1, 0.15) is 31.0 Å². The zero-order valence-electron chi connectivity index (χ0n) is 20.4. The Hall–Kier alpha value is -3.85. The molecule has 5 rings (SSSR count). The summed E-state index contributed by atoms with van der Waals surface area (Å²) < 4.78 is 13.4. The average molecular weight is 502 g/mol. The van der Waals surface area contributed by atoms with Gasteiger partial charge in [-0.05, 0) is 55.8 Å². The van der Waals surface area contributed by atoms with Gasteiger partial charge in [-0.25, -0.2) is 0 Å². The zero-order valence-corrected chi connectivity index (χ0v) is 21.3. The molecule has 8 nitrogen and oxygen atoms in total. The molecule has 1 N–H and O–H groups in total. The highest BCUT2D eigenvalue weighted by Gasteiger charge is 2.35. The Kier molecular flexibility index (Phi) is 6.65. The molecular weight excluding hydrogens is 474 g/mol. The zero-order chi connectivity index (χ0) is 25.2. The molecule has 0 saturated heterocycles. The number of carbonyl (C=O) groups is 1. The van der Waals surface area contributed by atoms with E-state index in [1.807, 2.05) is 49.4 Å². The molecule has 1 amide bonds. The fourth-order valence-corrected chi connectivity index (χ4v) is 5.35. The first-order chi connectivity index (χ1) is 17.5. The third kappa shape index (κ3) is 4.42. The van der Waals surface area contributed by atoms with Crippen LogP contribution < -0.4 is 9.47 Å². The number of fused-ring (bicyclic) bond motifs is 2. The van der Waals surface area contributed by atoms with Crippen LogP contribution in [0.5, 0.6) is 11.5 Å². The number of aromatic nitrogens is 1. The Morgan fingerprint density at radius 1 is 1.14 bits per heavy atom. The summed E-state index contributed by atoms with van der Waals surface area (Å²) in [6.07, 6.45) is 3.52. The molecule has 184 valence electrons. The van der Waals surface area contributed by atoms with Crippen LogP contribution in [0.4, 0.5) is 0 Å². The van der Waals surface area contributed by atoms with Crippen LogP contribution in [-0.4, -0.2) is 45.2 Å². The molecule has 0 spiro atoms. The van der Waals surface area contributed by atoms with E-state index in [9.17, 15) is 4.79 Å². The number of benzene rings is 2.